The van der Waals surface area contributed by atoms with E-state index in [0.29, 0.717) is 18.1 Å². The molecule has 2 aromatic rings. The number of aryl methyl sites for hydroxylation is 2. The maximum absolute atomic E-state index is 12.6. The van der Waals surface area contributed by atoms with Crippen LogP contribution in [0.1, 0.15) is 35.4 Å². The van der Waals surface area contributed by atoms with Crippen molar-refractivity contribution < 1.29 is 9.90 Å². The summed E-state index contributed by atoms with van der Waals surface area (Å²) in [5.74, 6) is 1.05. The van der Waals surface area contributed by atoms with Crippen LogP contribution < -0.4 is 0 Å². The van der Waals surface area contributed by atoms with Crippen LogP contribution in [0.25, 0.3) is 0 Å². The number of aromatic hydroxyl groups is 1. The highest BCUT2D eigenvalue weighted by atomic mass is 16.3. The van der Waals surface area contributed by atoms with E-state index in [0.717, 1.165) is 43.7 Å². The third-order valence-electron chi connectivity index (χ3n) is 5.35. The molecular formula is C20H27N3O2. The summed E-state index contributed by atoms with van der Waals surface area (Å²) in [7, 11) is 1.95. The lowest BCUT2D eigenvalue weighted by Gasteiger charge is -2.17. The smallest absolute Gasteiger partial charge is 0.222 e. The molecule has 1 fully saturated rings. The maximum Gasteiger partial charge on any atom is 0.222 e. The summed E-state index contributed by atoms with van der Waals surface area (Å²) < 4.78 is 1.89. The van der Waals surface area contributed by atoms with Crippen LogP contribution in [0.2, 0.25) is 0 Å². The Labute approximate surface area is 149 Å². The first-order chi connectivity index (χ1) is 11.9. The molecule has 1 aliphatic heterocycles. The van der Waals surface area contributed by atoms with E-state index in [9.17, 15) is 9.90 Å². The standard InChI is InChI=1S/C20H27N3O2/c1-14-19(15(2)22(3)21-14)8-9-20(25)23-11-10-17(13-23)12-16-4-6-18(24)7-5-16/h4-7,17,24H,8-13H2,1-3H3. The lowest BCUT2D eigenvalue weighted by molar-refractivity contribution is -0.130. The molecule has 1 aromatic carbocycles. The fourth-order valence-corrected chi connectivity index (χ4v) is 3.76. The van der Waals surface area contributed by atoms with Crippen LogP contribution in [0.5, 0.6) is 5.75 Å². The van der Waals surface area contributed by atoms with E-state index in [-0.39, 0.29) is 5.91 Å². The fourth-order valence-electron chi connectivity index (χ4n) is 3.76. The van der Waals surface area contributed by atoms with Crippen molar-refractivity contribution in [2.75, 3.05) is 13.1 Å². The van der Waals surface area contributed by atoms with E-state index < -0.39 is 0 Å². The van der Waals surface area contributed by atoms with Gasteiger partial charge in [0, 0.05) is 32.3 Å². The van der Waals surface area contributed by atoms with E-state index in [2.05, 4.69) is 12.0 Å². The first-order valence-electron chi connectivity index (χ1n) is 8.98. The molecule has 5 nitrogen and oxygen atoms in total. The van der Waals surface area contributed by atoms with Crippen LogP contribution >= 0.6 is 0 Å². The number of hydrogen-bond donors (Lipinski definition) is 1. The Hall–Kier alpha value is -2.30. The summed E-state index contributed by atoms with van der Waals surface area (Å²) in [6.07, 6.45) is 3.34. The van der Waals surface area contributed by atoms with Crippen molar-refractivity contribution in [2.24, 2.45) is 13.0 Å². The Bertz CT molecular complexity index is 749. The molecular weight excluding hydrogens is 314 g/mol. The highest BCUT2D eigenvalue weighted by Crippen LogP contribution is 2.23. The number of benzene rings is 1. The van der Waals surface area contributed by atoms with Crippen molar-refractivity contribution in [3.8, 4) is 5.75 Å². The zero-order chi connectivity index (χ0) is 18.0. The molecule has 1 N–H and O–H groups in total. The van der Waals surface area contributed by atoms with Crippen molar-refractivity contribution in [3.05, 3.63) is 46.8 Å². The summed E-state index contributed by atoms with van der Waals surface area (Å²) in [4.78, 5) is 14.6. The molecule has 1 aliphatic rings. The Morgan fingerprint density at radius 2 is 2.00 bits per heavy atom. The average molecular weight is 341 g/mol. The molecule has 1 saturated heterocycles. The molecule has 1 unspecified atom stereocenters. The summed E-state index contributed by atoms with van der Waals surface area (Å²) in [6, 6.07) is 7.39. The van der Waals surface area contributed by atoms with Crippen LogP contribution in [0.3, 0.4) is 0 Å². The second-order valence-corrected chi connectivity index (χ2v) is 7.14. The Morgan fingerprint density at radius 1 is 1.28 bits per heavy atom. The highest BCUT2D eigenvalue weighted by molar-refractivity contribution is 5.76. The Balaban J connectivity index is 1.51. The van der Waals surface area contributed by atoms with Gasteiger partial charge in [-0.25, -0.2) is 0 Å². The van der Waals surface area contributed by atoms with Crippen molar-refractivity contribution >= 4 is 5.91 Å². The van der Waals surface area contributed by atoms with Crippen molar-refractivity contribution in [3.63, 3.8) is 0 Å². The van der Waals surface area contributed by atoms with Gasteiger partial charge in [0.1, 0.15) is 5.75 Å². The van der Waals surface area contributed by atoms with Gasteiger partial charge in [0.05, 0.1) is 5.69 Å². The van der Waals surface area contributed by atoms with Crippen LogP contribution in [-0.4, -0.2) is 38.8 Å². The predicted octanol–water partition coefficient (Wildman–Crippen LogP) is 2.77. The van der Waals surface area contributed by atoms with Crippen LogP contribution in [0, 0.1) is 19.8 Å². The van der Waals surface area contributed by atoms with Gasteiger partial charge in [-0.1, -0.05) is 12.1 Å². The van der Waals surface area contributed by atoms with E-state index >= 15 is 0 Å². The number of rotatable bonds is 5. The zero-order valence-corrected chi connectivity index (χ0v) is 15.3. The molecule has 134 valence electrons. The first-order valence-corrected chi connectivity index (χ1v) is 8.98. The number of nitrogens with zero attached hydrogens (tertiary/aromatic N) is 3. The SMILES string of the molecule is Cc1nn(C)c(C)c1CCC(=O)N1CCC(Cc2ccc(O)cc2)C1. The predicted molar refractivity (Wildman–Crippen MR) is 97.5 cm³/mol. The lowest BCUT2D eigenvalue weighted by atomic mass is 9.99. The molecule has 1 aromatic heterocycles. The van der Waals surface area contributed by atoms with Crippen molar-refractivity contribution in [1.29, 1.82) is 0 Å². The quantitative estimate of drug-likeness (QED) is 0.910. The molecule has 0 saturated carbocycles. The van der Waals surface area contributed by atoms with Gasteiger partial charge >= 0.3 is 0 Å². The topological polar surface area (TPSA) is 58.4 Å². The minimum Gasteiger partial charge on any atom is -0.508 e. The zero-order valence-electron chi connectivity index (χ0n) is 15.3. The maximum atomic E-state index is 12.6. The minimum absolute atomic E-state index is 0.246. The number of carbonyl (C=O) groups excluding carboxylic acids is 1. The van der Waals surface area contributed by atoms with Gasteiger partial charge in [-0.3, -0.25) is 9.48 Å². The first kappa shape index (κ1) is 17.5. The number of likely N-dealkylation sites (tertiary alicyclic amines) is 1. The number of amides is 1. The van der Waals surface area contributed by atoms with Gasteiger partial charge in [0.25, 0.3) is 0 Å². The second kappa shape index (κ2) is 7.30. The summed E-state index contributed by atoms with van der Waals surface area (Å²) in [5.41, 5.74) is 4.60. The number of hydrogen-bond acceptors (Lipinski definition) is 3. The van der Waals surface area contributed by atoms with Gasteiger partial charge in [-0.05, 0) is 62.3 Å². The Kier molecular flexibility index (Phi) is 5.11. The molecule has 3 rings (SSSR count). The van der Waals surface area contributed by atoms with E-state index in [4.69, 9.17) is 0 Å². The molecule has 0 spiro atoms. The lowest BCUT2D eigenvalue weighted by Crippen LogP contribution is -2.29. The number of phenolic OH excluding ortho intramolecular Hbond substituents is 1. The third kappa shape index (κ3) is 4.03. The van der Waals surface area contributed by atoms with E-state index in [1.807, 2.05) is 35.7 Å². The summed E-state index contributed by atoms with van der Waals surface area (Å²) in [5, 5.41) is 13.8. The molecule has 25 heavy (non-hydrogen) atoms. The third-order valence-corrected chi connectivity index (χ3v) is 5.35. The number of phenols is 1. The average Bonchev–Trinajstić information content (AvgIpc) is 3.13. The van der Waals surface area contributed by atoms with Gasteiger partial charge in [-0.15, -0.1) is 0 Å². The molecule has 1 amide bonds. The minimum atomic E-state index is 0.246. The van der Waals surface area contributed by atoms with Gasteiger partial charge in [0.2, 0.25) is 5.91 Å². The van der Waals surface area contributed by atoms with Crippen molar-refractivity contribution in [2.45, 2.75) is 39.5 Å². The van der Waals surface area contributed by atoms with E-state index in [1.54, 1.807) is 12.1 Å². The van der Waals surface area contributed by atoms with Crippen LogP contribution in [0.15, 0.2) is 24.3 Å². The van der Waals surface area contributed by atoms with Crippen LogP contribution in [-0.2, 0) is 24.7 Å². The molecule has 2 heterocycles. The molecule has 1 atom stereocenters. The number of carbonyl (C=O) groups is 1. The molecule has 5 heteroatoms. The second-order valence-electron chi connectivity index (χ2n) is 7.14. The normalized spacial score (nSPS) is 17.2. The van der Waals surface area contributed by atoms with Gasteiger partial charge < -0.3 is 10.0 Å². The molecule has 0 aliphatic carbocycles. The summed E-state index contributed by atoms with van der Waals surface area (Å²) in [6.45, 7) is 5.76. The fraction of sp³-hybridized carbons (Fsp3) is 0.500. The highest BCUT2D eigenvalue weighted by Gasteiger charge is 2.26. The van der Waals surface area contributed by atoms with Gasteiger partial charge in [-0.2, -0.15) is 5.10 Å². The summed E-state index contributed by atoms with van der Waals surface area (Å²) >= 11 is 0. The largest absolute Gasteiger partial charge is 0.508 e. The van der Waals surface area contributed by atoms with E-state index in [1.165, 1.54) is 11.1 Å². The monoisotopic (exact) mass is 341 g/mol. The Morgan fingerprint density at radius 3 is 2.64 bits per heavy atom. The van der Waals surface area contributed by atoms with Crippen molar-refractivity contribution in [1.82, 2.24) is 14.7 Å². The molecule has 0 radical (unpaired) electrons. The number of aromatic nitrogens is 2. The van der Waals surface area contributed by atoms with Gasteiger partial charge in [0.15, 0.2) is 0 Å². The molecule has 0 bridgehead atoms. The van der Waals surface area contributed by atoms with Crippen LogP contribution in [0.4, 0.5) is 0 Å².